The first-order valence-corrected chi connectivity index (χ1v) is 9.29. The summed E-state index contributed by atoms with van der Waals surface area (Å²) in [4.78, 5) is 16.2. The molecule has 0 spiro atoms. The fourth-order valence-corrected chi connectivity index (χ4v) is 3.33. The van der Waals surface area contributed by atoms with Crippen LogP contribution in [0.15, 0.2) is 53.6 Å². The standard InChI is InChI=1S/C18H21N3O3S/c1-13(2)21-25(23,24)16-9-6-15(7-10-16)8-11-17(22)20-18-14(3)5-4-12-19-18/h4-13,21H,1-3H3,(H,19,20,22). The molecule has 0 fully saturated rings. The summed E-state index contributed by atoms with van der Waals surface area (Å²) in [6.07, 6.45) is 4.60. The number of carbonyl (C=O) groups excluding carboxylic acids is 1. The quantitative estimate of drug-likeness (QED) is 0.776. The fourth-order valence-electron chi connectivity index (χ4n) is 2.08. The molecule has 0 aliphatic heterocycles. The van der Waals surface area contributed by atoms with Crippen molar-refractivity contribution in [1.29, 1.82) is 0 Å². The van der Waals surface area contributed by atoms with E-state index in [9.17, 15) is 13.2 Å². The summed E-state index contributed by atoms with van der Waals surface area (Å²) in [6.45, 7) is 5.38. The van der Waals surface area contributed by atoms with E-state index in [4.69, 9.17) is 0 Å². The number of aromatic nitrogens is 1. The summed E-state index contributed by atoms with van der Waals surface area (Å²) < 4.78 is 26.6. The summed E-state index contributed by atoms with van der Waals surface area (Å²) in [7, 11) is -3.51. The van der Waals surface area contributed by atoms with Crippen molar-refractivity contribution in [2.75, 3.05) is 5.32 Å². The van der Waals surface area contributed by atoms with Crippen molar-refractivity contribution in [3.8, 4) is 0 Å². The first kappa shape index (κ1) is 18.8. The van der Waals surface area contributed by atoms with Gasteiger partial charge in [-0.05, 0) is 56.2 Å². The Bertz CT molecular complexity index is 873. The summed E-state index contributed by atoms with van der Waals surface area (Å²) in [5.74, 6) is 0.207. The maximum atomic E-state index is 12.1. The van der Waals surface area contributed by atoms with Crippen LogP contribution in [0.3, 0.4) is 0 Å². The molecule has 0 atom stereocenters. The lowest BCUT2D eigenvalue weighted by Gasteiger charge is -2.09. The number of amides is 1. The second-order valence-electron chi connectivity index (χ2n) is 5.84. The van der Waals surface area contributed by atoms with Crippen LogP contribution in [0.5, 0.6) is 0 Å². The van der Waals surface area contributed by atoms with Crippen LogP contribution in [0.2, 0.25) is 0 Å². The van der Waals surface area contributed by atoms with Crippen LogP contribution in [0.25, 0.3) is 6.08 Å². The van der Waals surface area contributed by atoms with E-state index in [-0.39, 0.29) is 16.8 Å². The number of benzene rings is 1. The van der Waals surface area contributed by atoms with E-state index in [1.54, 1.807) is 44.3 Å². The van der Waals surface area contributed by atoms with Crippen LogP contribution in [0.1, 0.15) is 25.0 Å². The van der Waals surface area contributed by atoms with Crippen LogP contribution in [0.4, 0.5) is 5.82 Å². The number of nitrogens with one attached hydrogen (secondary N) is 2. The molecule has 25 heavy (non-hydrogen) atoms. The van der Waals surface area contributed by atoms with Gasteiger partial charge in [0.05, 0.1) is 4.90 Å². The molecule has 2 N–H and O–H groups in total. The molecule has 0 bridgehead atoms. The van der Waals surface area contributed by atoms with E-state index in [1.807, 2.05) is 13.0 Å². The minimum Gasteiger partial charge on any atom is -0.307 e. The molecule has 2 rings (SSSR count). The molecule has 0 unspecified atom stereocenters. The molecule has 7 heteroatoms. The molecule has 2 aromatic rings. The van der Waals surface area contributed by atoms with Crippen molar-refractivity contribution in [3.05, 3.63) is 59.8 Å². The highest BCUT2D eigenvalue weighted by atomic mass is 32.2. The Hall–Kier alpha value is -2.51. The molecule has 132 valence electrons. The molecule has 0 aliphatic carbocycles. The zero-order valence-electron chi connectivity index (χ0n) is 14.4. The van der Waals surface area contributed by atoms with Gasteiger partial charge in [-0.2, -0.15) is 0 Å². The Morgan fingerprint density at radius 1 is 1.16 bits per heavy atom. The van der Waals surface area contributed by atoms with Gasteiger partial charge in [-0.1, -0.05) is 18.2 Å². The summed E-state index contributed by atoms with van der Waals surface area (Å²) in [5.41, 5.74) is 1.59. The molecule has 1 heterocycles. The lowest BCUT2D eigenvalue weighted by Crippen LogP contribution is -2.30. The van der Waals surface area contributed by atoms with Gasteiger partial charge >= 0.3 is 0 Å². The third-order valence-electron chi connectivity index (χ3n) is 3.26. The summed E-state index contributed by atoms with van der Waals surface area (Å²) >= 11 is 0. The minimum absolute atomic E-state index is 0.177. The summed E-state index contributed by atoms with van der Waals surface area (Å²) in [6, 6.07) is 9.77. The average Bonchev–Trinajstić information content (AvgIpc) is 2.54. The molecular formula is C18H21N3O3S. The molecule has 0 saturated heterocycles. The lowest BCUT2D eigenvalue weighted by atomic mass is 10.2. The van der Waals surface area contributed by atoms with Gasteiger partial charge in [-0.15, -0.1) is 0 Å². The number of nitrogens with zero attached hydrogens (tertiary/aromatic N) is 1. The smallest absolute Gasteiger partial charge is 0.249 e. The number of hydrogen-bond acceptors (Lipinski definition) is 4. The zero-order chi connectivity index (χ0) is 18.4. The first-order valence-electron chi connectivity index (χ1n) is 7.81. The highest BCUT2D eigenvalue weighted by molar-refractivity contribution is 7.89. The summed E-state index contributed by atoms with van der Waals surface area (Å²) in [5, 5.41) is 2.69. The average molecular weight is 359 g/mol. The Labute approximate surface area is 148 Å². The molecule has 0 aliphatic rings. The molecule has 6 nitrogen and oxygen atoms in total. The molecule has 0 saturated carbocycles. The zero-order valence-corrected chi connectivity index (χ0v) is 15.2. The first-order chi connectivity index (χ1) is 11.8. The van der Waals surface area contributed by atoms with Crippen molar-refractivity contribution in [2.45, 2.75) is 31.7 Å². The van der Waals surface area contributed by atoms with Crippen LogP contribution < -0.4 is 10.0 Å². The Morgan fingerprint density at radius 3 is 2.44 bits per heavy atom. The molecule has 1 aromatic carbocycles. The predicted molar refractivity (Wildman–Crippen MR) is 98.5 cm³/mol. The van der Waals surface area contributed by atoms with Gasteiger partial charge in [0.1, 0.15) is 5.82 Å². The SMILES string of the molecule is Cc1cccnc1NC(=O)C=Cc1ccc(S(=O)(=O)NC(C)C)cc1. The van der Waals surface area contributed by atoms with E-state index in [0.29, 0.717) is 5.82 Å². The van der Waals surface area contributed by atoms with Crippen molar-refractivity contribution in [3.63, 3.8) is 0 Å². The highest BCUT2D eigenvalue weighted by Crippen LogP contribution is 2.13. The van der Waals surface area contributed by atoms with E-state index < -0.39 is 10.0 Å². The number of hydrogen-bond donors (Lipinski definition) is 2. The molecular weight excluding hydrogens is 338 g/mol. The van der Waals surface area contributed by atoms with E-state index in [1.165, 1.54) is 18.2 Å². The maximum absolute atomic E-state index is 12.1. The van der Waals surface area contributed by atoms with Crippen molar-refractivity contribution < 1.29 is 13.2 Å². The van der Waals surface area contributed by atoms with Crippen molar-refractivity contribution in [2.24, 2.45) is 0 Å². The van der Waals surface area contributed by atoms with Crippen molar-refractivity contribution >= 4 is 27.8 Å². The second-order valence-corrected chi connectivity index (χ2v) is 7.55. The molecule has 0 radical (unpaired) electrons. The van der Waals surface area contributed by atoms with E-state index in [2.05, 4.69) is 15.0 Å². The Morgan fingerprint density at radius 2 is 1.84 bits per heavy atom. The normalized spacial score (nSPS) is 11.8. The van der Waals surface area contributed by atoms with Gasteiger partial charge in [-0.25, -0.2) is 18.1 Å². The van der Waals surface area contributed by atoms with Crippen LogP contribution in [0, 0.1) is 6.92 Å². The van der Waals surface area contributed by atoms with Gasteiger partial charge in [0.15, 0.2) is 0 Å². The van der Waals surface area contributed by atoms with Crippen LogP contribution in [-0.2, 0) is 14.8 Å². The third kappa shape index (κ3) is 5.51. The number of anilines is 1. The molecule has 1 amide bonds. The topological polar surface area (TPSA) is 88.2 Å². The Kier molecular flexibility index (Phi) is 6.06. The largest absolute Gasteiger partial charge is 0.307 e. The van der Waals surface area contributed by atoms with E-state index >= 15 is 0 Å². The second kappa shape index (κ2) is 8.04. The van der Waals surface area contributed by atoms with Gasteiger partial charge in [-0.3, -0.25) is 4.79 Å². The van der Waals surface area contributed by atoms with Gasteiger partial charge < -0.3 is 5.32 Å². The third-order valence-corrected chi connectivity index (χ3v) is 4.93. The lowest BCUT2D eigenvalue weighted by molar-refractivity contribution is -0.111. The number of sulfonamides is 1. The van der Waals surface area contributed by atoms with Gasteiger partial charge in [0.25, 0.3) is 0 Å². The van der Waals surface area contributed by atoms with Crippen LogP contribution >= 0.6 is 0 Å². The fraction of sp³-hybridized carbons (Fsp3) is 0.222. The maximum Gasteiger partial charge on any atom is 0.249 e. The predicted octanol–water partition coefficient (Wildman–Crippen LogP) is 2.73. The highest BCUT2D eigenvalue weighted by Gasteiger charge is 2.14. The van der Waals surface area contributed by atoms with Crippen LogP contribution in [-0.4, -0.2) is 25.4 Å². The monoisotopic (exact) mass is 359 g/mol. The number of pyridine rings is 1. The van der Waals surface area contributed by atoms with Gasteiger partial charge in [0.2, 0.25) is 15.9 Å². The Balaban J connectivity index is 2.04. The van der Waals surface area contributed by atoms with E-state index in [0.717, 1.165) is 11.1 Å². The van der Waals surface area contributed by atoms with Gasteiger partial charge in [0, 0.05) is 18.3 Å². The number of rotatable bonds is 6. The number of aryl methyl sites for hydroxylation is 1. The number of carbonyl (C=O) groups is 1. The van der Waals surface area contributed by atoms with Crippen molar-refractivity contribution in [1.82, 2.24) is 9.71 Å². The minimum atomic E-state index is -3.51. The molecule has 1 aromatic heterocycles.